The number of nitrogens with zero attached hydrogens (tertiary/aromatic N) is 4. The third kappa shape index (κ3) is 0.698. The average Bonchev–Trinajstić information content (AvgIpc) is 2.42. The Balaban J connectivity index is 3.09. The van der Waals surface area contributed by atoms with E-state index < -0.39 is 5.69 Å². The lowest BCUT2D eigenvalue weighted by Crippen LogP contribution is -2.20. The Hall–Kier alpha value is -1.92. The SMILES string of the molecule is Cc1n[nH]c(=O)n2c(N)nnc12. The number of aromatic amines is 1. The first-order chi connectivity index (χ1) is 5.70. The zero-order valence-corrected chi connectivity index (χ0v) is 6.27. The molecule has 0 aliphatic rings. The van der Waals surface area contributed by atoms with Crippen LogP contribution in [0.3, 0.4) is 0 Å². The lowest BCUT2D eigenvalue weighted by molar-refractivity contribution is 0.862. The van der Waals surface area contributed by atoms with E-state index in [2.05, 4.69) is 20.4 Å². The molecule has 2 aromatic heterocycles. The lowest BCUT2D eigenvalue weighted by atomic mass is 10.5. The number of fused-ring (bicyclic) bond motifs is 1. The van der Waals surface area contributed by atoms with Gasteiger partial charge in [-0.05, 0) is 6.92 Å². The fourth-order valence-corrected chi connectivity index (χ4v) is 0.963. The van der Waals surface area contributed by atoms with Gasteiger partial charge in [0.15, 0.2) is 5.65 Å². The first-order valence-corrected chi connectivity index (χ1v) is 3.26. The van der Waals surface area contributed by atoms with E-state index >= 15 is 0 Å². The van der Waals surface area contributed by atoms with Crippen molar-refractivity contribution < 1.29 is 0 Å². The lowest BCUT2D eigenvalue weighted by Gasteiger charge is -1.93. The van der Waals surface area contributed by atoms with Gasteiger partial charge in [0.1, 0.15) is 5.69 Å². The Morgan fingerprint density at radius 1 is 1.50 bits per heavy atom. The van der Waals surface area contributed by atoms with E-state index in [1.807, 2.05) is 0 Å². The second-order valence-corrected chi connectivity index (χ2v) is 2.33. The summed E-state index contributed by atoms with van der Waals surface area (Å²) >= 11 is 0. The largest absolute Gasteiger partial charge is 0.367 e. The maximum absolute atomic E-state index is 11.1. The van der Waals surface area contributed by atoms with E-state index in [0.29, 0.717) is 11.3 Å². The second kappa shape index (κ2) is 2.03. The zero-order valence-electron chi connectivity index (χ0n) is 6.27. The van der Waals surface area contributed by atoms with Crippen molar-refractivity contribution in [3.63, 3.8) is 0 Å². The highest BCUT2D eigenvalue weighted by Gasteiger charge is 2.07. The molecule has 0 atom stereocenters. The molecule has 0 fully saturated rings. The molecule has 2 rings (SSSR count). The van der Waals surface area contributed by atoms with Crippen molar-refractivity contribution in [3.8, 4) is 0 Å². The Kier molecular flexibility index (Phi) is 1.15. The van der Waals surface area contributed by atoms with Crippen LogP contribution in [0.15, 0.2) is 4.79 Å². The maximum atomic E-state index is 11.1. The zero-order chi connectivity index (χ0) is 8.72. The molecule has 62 valence electrons. The molecule has 0 saturated carbocycles. The van der Waals surface area contributed by atoms with E-state index in [1.165, 1.54) is 4.40 Å². The van der Waals surface area contributed by atoms with Gasteiger partial charge < -0.3 is 5.73 Å². The van der Waals surface area contributed by atoms with Crippen LogP contribution in [0.2, 0.25) is 0 Å². The minimum atomic E-state index is -0.432. The highest BCUT2D eigenvalue weighted by atomic mass is 16.1. The van der Waals surface area contributed by atoms with E-state index in [9.17, 15) is 4.79 Å². The van der Waals surface area contributed by atoms with Crippen molar-refractivity contribution in [2.75, 3.05) is 5.73 Å². The van der Waals surface area contributed by atoms with Crippen molar-refractivity contribution in [2.24, 2.45) is 0 Å². The van der Waals surface area contributed by atoms with Crippen LogP contribution in [0.1, 0.15) is 5.69 Å². The quantitative estimate of drug-likeness (QED) is 0.506. The molecule has 7 nitrogen and oxygen atoms in total. The monoisotopic (exact) mass is 166 g/mol. The number of hydrogen-bond acceptors (Lipinski definition) is 5. The molecule has 0 amide bonds. The fourth-order valence-electron chi connectivity index (χ4n) is 0.963. The molecule has 0 aliphatic heterocycles. The molecular weight excluding hydrogens is 160 g/mol. The van der Waals surface area contributed by atoms with Gasteiger partial charge in [-0.25, -0.2) is 14.3 Å². The van der Waals surface area contributed by atoms with Gasteiger partial charge in [0.2, 0.25) is 5.95 Å². The number of hydrogen-bond donors (Lipinski definition) is 2. The van der Waals surface area contributed by atoms with E-state index in [4.69, 9.17) is 5.73 Å². The molecule has 0 bridgehead atoms. The minimum absolute atomic E-state index is 0.0664. The fraction of sp³-hybridized carbons (Fsp3) is 0.200. The van der Waals surface area contributed by atoms with Crippen LogP contribution in [0.25, 0.3) is 5.65 Å². The van der Waals surface area contributed by atoms with Crippen LogP contribution >= 0.6 is 0 Å². The van der Waals surface area contributed by atoms with Crippen LogP contribution in [-0.4, -0.2) is 24.8 Å². The Morgan fingerprint density at radius 2 is 2.25 bits per heavy atom. The van der Waals surface area contributed by atoms with Gasteiger partial charge in [0.25, 0.3) is 0 Å². The first kappa shape index (κ1) is 6.77. The number of aromatic nitrogens is 5. The third-order valence-electron chi connectivity index (χ3n) is 1.53. The summed E-state index contributed by atoms with van der Waals surface area (Å²) in [4.78, 5) is 11.1. The van der Waals surface area contributed by atoms with Crippen molar-refractivity contribution in [1.82, 2.24) is 24.8 Å². The van der Waals surface area contributed by atoms with E-state index in [1.54, 1.807) is 6.92 Å². The van der Waals surface area contributed by atoms with E-state index in [0.717, 1.165) is 0 Å². The maximum Gasteiger partial charge on any atom is 0.350 e. The van der Waals surface area contributed by atoms with Crippen molar-refractivity contribution in [1.29, 1.82) is 0 Å². The normalized spacial score (nSPS) is 10.8. The highest BCUT2D eigenvalue weighted by Crippen LogP contribution is 2.01. The van der Waals surface area contributed by atoms with Gasteiger partial charge in [0, 0.05) is 0 Å². The van der Waals surface area contributed by atoms with Crippen LogP contribution < -0.4 is 11.4 Å². The number of nitrogens with two attached hydrogens (primary N) is 1. The van der Waals surface area contributed by atoms with Gasteiger partial charge in [0.05, 0.1) is 0 Å². The molecule has 12 heavy (non-hydrogen) atoms. The molecule has 0 saturated heterocycles. The summed E-state index contributed by atoms with van der Waals surface area (Å²) in [6, 6.07) is 0. The van der Waals surface area contributed by atoms with Gasteiger partial charge in [-0.3, -0.25) is 0 Å². The van der Waals surface area contributed by atoms with Crippen molar-refractivity contribution in [3.05, 3.63) is 16.2 Å². The molecule has 2 aromatic rings. The first-order valence-electron chi connectivity index (χ1n) is 3.26. The molecule has 0 unspecified atom stereocenters. The molecule has 7 heteroatoms. The topological polar surface area (TPSA) is 102 Å². The van der Waals surface area contributed by atoms with Gasteiger partial charge >= 0.3 is 5.69 Å². The minimum Gasteiger partial charge on any atom is -0.367 e. The highest BCUT2D eigenvalue weighted by molar-refractivity contribution is 5.45. The molecule has 0 aromatic carbocycles. The smallest absolute Gasteiger partial charge is 0.350 e. The number of rotatable bonds is 0. The number of anilines is 1. The van der Waals surface area contributed by atoms with E-state index in [-0.39, 0.29) is 5.95 Å². The summed E-state index contributed by atoms with van der Waals surface area (Å²) in [6.07, 6.45) is 0. The predicted octanol–water partition coefficient (Wildman–Crippen LogP) is -1.30. The number of H-pyrrole nitrogens is 1. The average molecular weight is 166 g/mol. The number of nitrogens with one attached hydrogen (secondary N) is 1. The van der Waals surface area contributed by atoms with Crippen LogP contribution in [-0.2, 0) is 0 Å². The summed E-state index contributed by atoms with van der Waals surface area (Å²) in [6.45, 7) is 1.71. The Morgan fingerprint density at radius 3 is 2.92 bits per heavy atom. The summed E-state index contributed by atoms with van der Waals surface area (Å²) in [5.41, 5.74) is 5.92. The summed E-state index contributed by atoms with van der Waals surface area (Å²) in [5.74, 6) is 0.0664. The molecule has 0 spiro atoms. The van der Waals surface area contributed by atoms with Crippen LogP contribution in [0.5, 0.6) is 0 Å². The molecule has 0 aliphatic carbocycles. The second-order valence-electron chi connectivity index (χ2n) is 2.33. The summed E-state index contributed by atoms with van der Waals surface area (Å²) in [7, 11) is 0. The predicted molar refractivity (Wildman–Crippen MR) is 40.6 cm³/mol. The summed E-state index contributed by atoms with van der Waals surface area (Å²) in [5, 5.41) is 13.2. The van der Waals surface area contributed by atoms with Gasteiger partial charge in [-0.15, -0.1) is 10.2 Å². The van der Waals surface area contributed by atoms with Gasteiger partial charge in [-0.2, -0.15) is 5.10 Å². The number of aryl methyl sites for hydroxylation is 1. The third-order valence-corrected chi connectivity index (χ3v) is 1.53. The van der Waals surface area contributed by atoms with Crippen molar-refractivity contribution >= 4 is 11.6 Å². The van der Waals surface area contributed by atoms with Gasteiger partial charge in [-0.1, -0.05) is 0 Å². The van der Waals surface area contributed by atoms with Crippen molar-refractivity contribution in [2.45, 2.75) is 6.92 Å². The Labute approximate surface area is 66.2 Å². The van der Waals surface area contributed by atoms with Crippen LogP contribution in [0.4, 0.5) is 5.95 Å². The van der Waals surface area contributed by atoms with Crippen LogP contribution in [0, 0.1) is 6.92 Å². The summed E-state index contributed by atoms with van der Waals surface area (Å²) < 4.78 is 1.17. The standard InChI is InChI=1S/C5H6N6O/c1-2-3-8-9-4(6)11(3)5(12)10-7-2/h1H3,(H2,6,9)(H,10,12). The molecular formula is C5H6N6O. The molecule has 3 N–H and O–H groups in total. The molecule has 0 radical (unpaired) electrons. The molecule has 2 heterocycles. The Bertz CT molecular complexity index is 482. The number of nitrogen functional groups attached to an aromatic ring is 1.